The van der Waals surface area contributed by atoms with Gasteiger partial charge in [-0.25, -0.2) is 19.0 Å². The number of carbonyl (C=O) groups excluding carboxylic acids is 1. The molecule has 0 radical (unpaired) electrons. The van der Waals surface area contributed by atoms with Crippen LogP contribution in [0.3, 0.4) is 0 Å². The highest BCUT2D eigenvalue weighted by Gasteiger charge is 2.23. The SMILES string of the molecule is N#Cc1c(F)cccc1N1CCN(C(=O)Nc2cccc(Cn3cccnc3=O)c2)CC1. The largest absolute Gasteiger partial charge is 0.367 e. The maximum Gasteiger partial charge on any atom is 0.347 e. The third-order valence-electron chi connectivity index (χ3n) is 5.32. The third-order valence-corrected chi connectivity index (χ3v) is 5.32. The van der Waals surface area contributed by atoms with E-state index >= 15 is 0 Å². The standard InChI is InChI=1S/C23H21FN6O2/c24-20-6-2-7-21(19(20)15-25)28-10-12-29(13-11-28)23(32)27-18-5-1-4-17(14-18)16-30-9-3-8-26-22(30)31/h1-9,14H,10-13,16H2,(H,27,32). The second kappa shape index (κ2) is 9.31. The molecular formula is C23H21FN6O2. The molecule has 1 saturated heterocycles. The Morgan fingerprint density at radius 2 is 1.91 bits per heavy atom. The van der Waals surface area contributed by atoms with Gasteiger partial charge in [-0.2, -0.15) is 5.26 Å². The highest BCUT2D eigenvalue weighted by atomic mass is 19.1. The molecule has 8 nitrogen and oxygen atoms in total. The highest BCUT2D eigenvalue weighted by Crippen LogP contribution is 2.24. The number of amides is 2. The van der Waals surface area contributed by atoms with Crippen LogP contribution >= 0.6 is 0 Å². The zero-order valence-electron chi connectivity index (χ0n) is 17.2. The Morgan fingerprint density at radius 3 is 2.66 bits per heavy atom. The van der Waals surface area contributed by atoms with E-state index in [1.54, 1.807) is 35.4 Å². The number of benzene rings is 2. The monoisotopic (exact) mass is 432 g/mol. The van der Waals surface area contributed by atoms with Crippen LogP contribution < -0.4 is 15.9 Å². The van der Waals surface area contributed by atoms with Gasteiger partial charge in [-0.15, -0.1) is 0 Å². The number of hydrogen-bond donors (Lipinski definition) is 1. The predicted octanol–water partition coefficient (Wildman–Crippen LogP) is 2.66. The Balaban J connectivity index is 1.38. The van der Waals surface area contributed by atoms with Gasteiger partial charge in [0.05, 0.1) is 12.2 Å². The molecule has 0 aliphatic carbocycles. The molecule has 0 saturated carbocycles. The topological polar surface area (TPSA) is 94.3 Å². The second-order valence-electron chi connectivity index (χ2n) is 7.38. The summed E-state index contributed by atoms with van der Waals surface area (Å²) in [6.07, 6.45) is 3.11. The van der Waals surface area contributed by atoms with Crippen molar-refractivity contribution < 1.29 is 9.18 Å². The van der Waals surface area contributed by atoms with Crippen molar-refractivity contribution in [2.45, 2.75) is 6.54 Å². The number of rotatable bonds is 4. The van der Waals surface area contributed by atoms with Crippen LogP contribution in [0.5, 0.6) is 0 Å². The molecular weight excluding hydrogens is 411 g/mol. The smallest absolute Gasteiger partial charge is 0.347 e. The van der Waals surface area contributed by atoms with Crippen molar-refractivity contribution >= 4 is 17.4 Å². The van der Waals surface area contributed by atoms with Gasteiger partial charge in [-0.1, -0.05) is 18.2 Å². The molecule has 1 aromatic heterocycles. The van der Waals surface area contributed by atoms with Gasteiger partial charge in [0, 0.05) is 44.3 Å². The molecule has 32 heavy (non-hydrogen) atoms. The van der Waals surface area contributed by atoms with E-state index in [2.05, 4.69) is 10.3 Å². The second-order valence-corrected chi connectivity index (χ2v) is 7.38. The summed E-state index contributed by atoms with van der Waals surface area (Å²) in [5, 5.41) is 12.1. The number of nitrogens with zero attached hydrogens (tertiary/aromatic N) is 5. The summed E-state index contributed by atoms with van der Waals surface area (Å²) in [6.45, 7) is 2.23. The number of urea groups is 1. The van der Waals surface area contributed by atoms with E-state index in [1.807, 2.05) is 29.2 Å². The first-order valence-corrected chi connectivity index (χ1v) is 10.1. The molecule has 2 aromatic carbocycles. The van der Waals surface area contributed by atoms with E-state index < -0.39 is 5.82 Å². The number of aromatic nitrogens is 2. The van der Waals surface area contributed by atoms with Gasteiger partial charge in [0.25, 0.3) is 0 Å². The van der Waals surface area contributed by atoms with Crippen molar-refractivity contribution in [3.8, 4) is 6.07 Å². The van der Waals surface area contributed by atoms with Crippen LogP contribution in [0.4, 0.5) is 20.6 Å². The first kappa shape index (κ1) is 21.1. The molecule has 2 heterocycles. The Hall–Kier alpha value is -4.19. The zero-order valence-corrected chi connectivity index (χ0v) is 17.2. The molecule has 3 aromatic rings. The van der Waals surface area contributed by atoms with Crippen LogP contribution in [-0.4, -0.2) is 46.7 Å². The normalized spacial score (nSPS) is 13.5. The molecule has 0 spiro atoms. The predicted molar refractivity (Wildman–Crippen MR) is 118 cm³/mol. The van der Waals surface area contributed by atoms with Crippen LogP contribution in [0.15, 0.2) is 65.7 Å². The van der Waals surface area contributed by atoms with E-state index in [0.717, 1.165) is 5.56 Å². The van der Waals surface area contributed by atoms with Crippen molar-refractivity contribution in [2.24, 2.45) is 0 Å². The molecule has 1 N–H and O–H groups in total. The minimum atomic E-state index is -0.543. The number of nitrogens with one attached hydrogen (secondary N) is 1. The summed E-state index contributed by atoms with van der Waals surface area (Å²) in [5.74, 6) is -0.543. The minimum Gasteiger partial charge on any atom is -0.367 e. The third kappa shape index (κ3) is 4.59. The molecule has 2 amide bonds. The average molecular weight is 432 g/mol. The first-order valence-electron chi connectivity index (χ1n) is 10.1. The quantitative estimate of drug-likeness (QED) is 0.684. The summed E-state index contributed by atoms with van der Waals surface area (Å²) in [4.78, 5) is 31.9. The molecule has 9 heteroatoms. The lowest BCUT2D eigenvalue weighted by Crippen LogP contribution is -2.50. The lowest BCUT2D eigenvalue weighted by molar-refractivity contribution is 0.208. The zero-order chi connectivity index (χ0) is 22.5. The number of halogens is 1. The fourth-order valence-electron chi connectivity index (χ4n) is 3.69. The Morgan fingerprint density at radius 1 is 1.12 bits per heavy atom. The molecule has 1 aliphatic rings. The fraction of sp³-hybridized carbons (Fsp3) is 0.217. The highest BCUT2D eigenvalue weighted by molar-refractivity contribution is 5.89. The van der Waals surface area contributed by atoms with E-state index in [0.29, 0.717) is 44.1 Å². The molecule has 0 unspecified atom stereocenters. The summed E-state index contributed by atoms with van der Waals surface area (Å²) in [7, 11) is 0. The molecule has 0 bridgehead atoms. The van der Waals surface area contributed by atoms with E-state index in [9.17, 15) is 19.2 Å². The molecule has 0 atom stereocenters. The van der Waals surface area contributed by atoms with Crippen molar-refractivity contribution in [1.29, 1.82) is 5.26 Å². The summed E-state index contributed by atoms with van der Waals surface area (Å²) < 4.78 is 15.4. The number of carbonyl (C=O) groups is 1. The van der Waals surface area contributed by atoms with Crippen molar-refractivity contribution in [3.05, 3.63) is 88.4 Å². The van der Waals surface area contributed by atoms with E-state index in [-0.39, 0.29) is 17.3 Å². The van der Waals surface area contributed by atoms with Crippen molar-refractivity contribution in [3.63, 3.8) is 0 Å². The van der Waals surface area contributed by atoms with Crippen molar-refractivity contribution in [1.82, 2.24) is 14.5 Å². The van der Waals surface area contributed by atoms with Gasteiger partial charge in [0.1, 0.15) is 17.4 Å². The van der Waals surface area contributed by atoms with Gasteiger partial charge in [-0.3, -0.25) is 4.57 Å². The lowest BCUT2D eigenvalue weighted by Gasteiger charge is -2.36. The lowest BCUT2D eigenvalue weighted by atomic mass is 10.1. The Labute approximate surface area is 184 Å². The first-order chi connectivity index (χ1) is 15.5. The maximum atomic E-state index is 13.9. The number of hydrogen-bond acceptors (Lipinski definition) is 5. The fourth-order valence-corrected chi connectivity index (χ4v) is 3.69. The van der Waals surface area contributed by atoms with Crippen LogP contribution in [0.25, 0.3) is 0 Å². The van der Waals surface area contributed by atoms with E-state index in [4.69, 9.17) is 0 Å². The number of nitriles is 1. The van der Waals surface area contributed by atoms with Gasteiger partial charge in [0.15, 0.2) is 0 Å². The van der Waals surface area contributed by atoms with Gasteiger partial charge in [0.2, 0.25) is 0 Å². The molecule has 1 aliphatic heterocycles. The van der Waals surface area contributed by atoms with Gasteiger partial charge >= 0.3 is 11.7 Å². The molecule has 162 valence electrons. The van der Waals surface area contributed by atoms with Gasteiger partial charge < -0.3 is 15.1 Å². The summed E-state index contributed by atoms with van der Waals surface area (Å²) in [6, 6.07) is 15.2. The summed E-state index contributed by atoms with van der Waals surface area (Å²) in [5.41, 5.74) is 1.72. The number of piperazine rings is 1. The van der Waals surface area contributed by atoms with Gasteiger partial charge in [-0.05, 0) is 35.9 Å². The maximum absolute atomic E-state index is 13.9. The Bertz CT molecular complexity index is 1230. The molecule has 4 rings (SSSR count). The van der Waals surface area contributed by atoms with Crippen molar-refractivity contribution in [2.75, 3.05) is 36.4 Å². The Kier molecular flexibility index (Phi) is 6.12. The molecule has 1 fully saturated rings. The number of anilines is 2. The van der Waals surface area contributed by atoms with Crippen LogP contribution in [-0.2, 0) is 6.54 Å². The summed E-state index contributed by atoms with van der Waals surface area (Å²) >= 11 is 0. The average Bonchev–Trinajstić information content (AvgIpc) is 2.81. The van der Waals surface area contributed by atoms with Crippen LogP contribution in [0.2, 0.25) is 0 Å². The van der Waals surface area contributed by atoms with Crippen LogP contribution in [0.1, 0.15) is 11.1 Å². The van der Waals surface area contributed by atoms with E-state index in [1.165, 1.54) is 16.8 Å². The van der Waals surface area contributed by atoms with Crippen LogP contribution in [0, 0.1) is 17.1 Å². The minimum absolute atomic E-state index is 0.0231.